The topological polar surface area (TPSA) is 47.3 Å². The minimum atomic E-state index is 0.124. The van der Waals surface area contributed by atoms with Crippen molar-refractivity contribution in [3.8, 4) is 5.75 Å². The third kappa shape index (κ3) is 2.69. The minimum absolute atomic E-state index is 0.124. The lowest BCUT2D eigenvalue weighted by Crippen LogP contribution is -2.24. The standard InChI is InChI=1S/C13H18N2O/c1-13(9-12(14)15-10-13)7-8-16-11-5-3-2-4-6-11/h2-6,9,15H,7-8,10,14H2,1H3. The maximum Gasteiger partial charge on any atom is 0.119 e. The summed E-state index contributed by atoms with van der Waals surface area (Å²) in [5, 5.41) is 3.14. The Morgan fingerprint density at radius 1 is 1.38 bits per heavy atom. The number of hydrogen-bond donors (Lipinski definition) is 2. The highest BCUT2D eigenvalue weighted by molar-refractivity contribution is 5.21. The van der Waals surface area contributed by atoms with E-state index >= 15 is 0 Å². The monoisotopic (exact) mass is 218 g/mol. The number of hydrogen-bond acceptors (Lipinski definition) is 3. The highest BCUT2D eigenvalue weighted by Crippen LogP contribution is 2.27. The maximum atomic E-state index is 5.70. The molecule has 1 aromatic rings. The highest BCUT2D eigenvalue weighted by atomic mass is 16.5. The summed E-state index contributed by atoms with van der Waals surface area (Å²) < 4.78 is 5.67. The lowest BCUT2D eigenvalue weighted by molar-refractivity contribution is 0.254. The molecule has 3 nitrogen and oxygen atoms in total. The van der Waals surface area contributed by atoms with Crippen LogP contribution in [0.25, 0.3) is 0 Å². The van der Waals surface area contributed by atoms with Gasteiger partial charge in [-0.25, -0.2) is 0 Å². The Balaban J connectivity index is 1.81. The van der Waals surface area contributed by atoms with E-state index in [9.17, 15) is 0 Å². The molecule has 86 valence electrons. The number of rotatable bonds is 4. The SMILES string of the molecule is CC1(CCOc2ccccc2)C=C(N)NC1. The zero-order chi connectivity index (χ0) is 11.4. The van der Waals surface area contributed by atoms with Crippen molar-refractivity contribution in [1.82, 2.24) is 5.32 Å². The van der Waals surface area contributed by atoms with Gasteiger partial charge in [0.2, 0.25) is 0 Å². The molecule has 1 aliphatic rings. The molecule has 0 fully saturated rings. The van der Waals surface area contributed by atoms with Crippen LogP contribution >= 0.6 is 0 Å². The van der Waals surface area contributed by atoms with E-state index < -0.39 is 0 Å². The molecule has 0 radical (unpaired) electrons. The van der Waals surface area contributed by atoms with E-state index in [1.807, 2.05) is 30.3 Å². The first kappa shape index (κ1) is 10.9. The van der Waals surface area contributed by atoms with Crippen molar-refractivity contribution in [2.24, 2.45) is 11.1 Å². The minimum Gasteiger partial charge on any atom is -0.494 e. The zero-order valence-electron chi connectivity index (χ0n) is 9.57. The molecular weight excluding hydrogens is 200 g/mol. The van der Waals surface area contributed by atoms with E-state index in [1.165, 1.54) is 0 Å². The van der Waals surface area contributed by atoms with E-state index in [4.69, 9.17) is 10.5 Å². The Morgan fingerprint density at radius 3 is 2.75 bits per heavy atom. The first-order valence-corrected chi connectivity index (χ1v) is 5.58. The average Bonchev–Trinajstić information content (AvgIpc) is 2.60. The molecule has 1 aromatic carbocycles. The molecule has 0 saturated carbocycles. The molecule has 1 unspecified atom stereocenters. The molecule has 3 heteroatoms. The number of benzene rings is 1. The number of nitrogens with two attached hydrogens (primary N) is 1. The molecule has 0 amide bonds. The van der Waals surface area contributed by atoms with Gasteiger partial charge in [-0.1, -0.05) is 25.1 Å². The summed E-state index contributed by atoms with van der Waals surface area (Å²) >= 11 is 0. The molecule has 3 N–H and O–H groups in total. The van der Waals surface area contributed by atoms with Crippen molar-refractivity contribution >= 4 is 0 Å². The molecule has 1 atom stereocenters. The molecule has 1 heterocycles. The van der Waals surface area contributed by atoms with Gasteiger partial charge in [0.25, 0.3) is 0 Å². The van der Waals surface area contributed by atoms with Crippen molar-refractivity contribution in [1.29, 1.82) is 0 Å². The summed E-state index contributed by atoms with van der Waals surface area (Å²) in [5.41, 5.74) is 5.83. The molecule has 0 aliphatic carbocycles. The number of para-hydroxylation sites is 1. The largest absolute Gasteiger partial charge is 0.494 e. The summed E-state index contributed by atoms with van der Waals surface area (Å²) in [6.07, 6.45) is 3.05. The van der Waals surface area contributed by atoms with Gasteiger partial charge < -0.3 is 15.8 Å². The van der Waals surface area contributed by atoms with Crippen molar-refractivity contribution in [3.05, 3.63) is 42.2 Å². The van der Waals surface area contributed by atoms with Crippen LogP contribution in [-0.4, -0.2) is 13.2 Å². The molecule has 16 heavy (non-hydrogen) atoms. The van der Waals surface area contributed by atoms with E-state index in [2.05, 4.69) is 18.3 Å². The van der Waals surface area contributed by atoms with Crippen LogP contribution in [0.1, 0.15) is 13.3 Å². The Labute approximate surface area is 96.3 Å². The fourth-order valence-electron chi connectivity index (χ4n) is 1.86. The molecule has 0 spiro atoms. The van der Waals surface area contributed by atoms with Crippen LogP contribution in [-0.2, 0) is 0 Å². The van der Waals surface area contributed by atoms with E-state index in [0.29, 0.717) is 6.61 Å². The second kappa shape index (κ2) is 4.47. The van der Waals surface area contributed by atoms with Crippen LogP contribution in [0.5, 0.6) is 5.75 Å². The molecule has 1 aliphatic heterocycles. The summed E-state index contributed by atoms with van der Waals surface area (Å²) in [5.74, 6) is 1.70. The lowest BCUT2D eigenvalue weighted by Gasteiger charge is -2.20. The third-order valence-corrected chi connectivity index (χ3v) is 2.89. The van der Waals surface area contributed by atoms with E-state index in [1.54, 1.807) is 0 Å². The Morgan fingerprint density at radius 2 is 2.12 bits per heavy atom. The molecule has 0 saturated heterocycles. The zero-order valence-corrected chi connectivity index (χ0v) is 9.57. The second-order valence-corrected chi connectivity index (χ2v) is 4.52. The van der Waals surface area contributed by atoms with Crippen LogP contribution in [0.3, 0.4) is 0 Å². The highest BCUT2D eigenvalue weighted by Gasteiger charge is 2.26. The first-order valence-electron chi connectivity index (χ1n) is 5.58. The van der Waals surface area contributed by atoms with E-state index in [0.717, 1.165) is 24.5 Å². The summed E-state index contributed by atoms with van der Waals surface area (Å²) in [4.78, 5) is 0. The lowest BCUT2D eigenvalue weighted by atomic mass is 9.89. The maximum absolute atomic E-state index is 5.70. The average molecular weight is 218 g/mol. The van der Waals surface area contributed by atoms with Gasteiger partial charge in [-0.05, 0) is 24.6 Å². The van der Waals surface area contributed by atoms with Gasteiger partial charge in [-0.3, -0.25) is 0 Å². The Kier molecular flexibility index (Phi) is 3.04. The Bertz CT molecular complexity index is 375. The summed E-state index contributed by atoms with van der Waals surface area (Å²) in [7, 11) is 0. The van der Waals surface area contributed by atoms with Gasteiger partial charge in [0.05, 0.1) is 12.4 Å². The first-order chi connectivity index (χ1) is 7.68. The van der Waals surface area contributed by atoms with Crippen LogP contribution in [0.2, 0.25) is 0 Å². The van der Waals surface area contributed by atoms with Crippen molar-refractivity contribution in [2.45, 2.75) is 13.3 Å². The van der Waals surface area contributed by atoms with Crippen molar-refractivity contribution in [3.63, 3.8) is 0 Å². The van der Waals surface area contributed by atoms with Crippen LogP contribution in [0.4, 0.5) is 0 Å². The Hall–Kier alpha value is -1.64. The fourth-order valence-corrected chi connectivity index (χ4v) is 1.86. The predicted molar refractivity (Wildman–Crippen MR) is 64.9 cm³/mol. The van der Waals surface area contributed by atoms with Crippen LogP contribution < -0.4 is 15.8 Å². The van der Waals surface area contributed by atoms with E-state index in [-0.39, 0.29) is 5.41 Å². The van der Waals surface area contributed by atoms with Gasteiger partial charge in [-0.2, -0.15) is 0 Å². The van der Waals surface area contributed by atoms with Crippen molar-refractivity contribution < 1.29 is 4.74 Å². The van der Waals surface area contributed by atoms with Gasteiger partial charge in [0.15, 0.2) is 0 Å². The quantitative estimate of drug-likeness (QED) is 0.811. The molecule has 0 aromatic heterocycles. The molecular formula is C13H18N2O. The normalized spacial score (nSPS) is 23.7. The summed E-state index contributed by atoms with van der Waals surface area (Å²) in [6, 6.07) is 9.88. The van der Waals surface area contributed by atoms with Crippen LogP contribution in [0.15, 0.2) is 42.2 Å². The van der Waals surface area contributed by atoms with Gasteiger partial charge >= 0.3 is 0 Å². The summed E-state index contributed by atoms with van der Waals surface area (Å²) in [6.45, 7) is 3.80. The smallest absolute Gasteiger partial charge is 0.119 e. The third-order valence-electron chi connectivity index (χ3n) is 2.89. The number of ether oxygens (including phenoxy) is 1. The van der Waals surface area contributed by atoms with Gasteiger partial charge in [0.1, 0.15) is 5.75 Å². The molecule has 2 rings (SSSR count). The fraction of sp³-hybridized carbons (Fsp3) is 0.385. The van der Waals surface area contributed by atoms with Crippen LogP contribution in [0, 0.1) is 5.41 Å². The predicted octanol–water partition coefficient (Wildman–Crippen LogP) is 1.87. The molecule has 0 bridgehead atoms. The number of nitrogens with one attached hydrogen (secondary N) is 1. The van der Waals surface area contributed by atoms with Gasteiger partial charge in [-0.15, -0.1) is 0 Å². The second-order valence-electron chi connectivity index (χ2n) is 4.52. The van der Waals surface area contributed by atoms with Gasteiger partial charge in [0, 0.05) is 12.0 Å². The van der Waals surface area contributed by atoms with Crippen molar-refractivity contribution in [2.75, 3.05) is 13.2 Å².